The summed E-state index contributed by atoms with van der Waals surface area (Å²) in [5.41, 5.74) is 5.22. The topological polar surface area (TPSA) is 21.3 Å². The van der Waals surface area contributed by atoms with Crippen LogP contribution in [0.4, 0.5) is 20.2 Å². The number of anilines is 2. The first kappa shape index (κ1) is 15.8. The molecule has 0 amide bonds. The van der Waals surface area contributed by atoms with Gasteiger partial charge in [-0.25, -0.2) is 0 Å². The maximum Gasteiger partial charge on any atom is 0.387 e. The quantitative estimate of drug-likeness (QED) is 0.773. The monoisotopic (exact) mass is 317 g/mol. The first-order valence-corrected chi connectivity index (χ1v) is 7.80. The number of hydrogen-bond donors (Lipinski definition) is 1. The second kappa shape index (κ2) is 5.52. The predicted octanol–water partition coefficient (Wildman–Crippen LogP) is 5.79. The van der Waals surface area contributed by atoms with E-state index in [1.165, 1.54) is 11.1 Å². The van der Waals surface area contributed by atoms with E-state index in [0.717, 1.165) is 16.9 Å². The molecule has 0 saturated heterocycles. The summed E-state index contributed by atoms with van der Waals surface area (Å²) in [5, 5.41) is 3.35. The Hall–Kier alpha value is -2.10. The van der Waals surface area contributed by atoms with Crippen molar-refractivity contribution in [3.63, 3.8) is 0 Å². The zero-order valence-corrected chi connectivity index (χ0v) is 13.8. The van der Waals surface area contributed by atoms with Gasteiger partial charge in [-0.3, -0.25) is 0 Å². The molecule has 0 bridgehead atoms. The number of rotatable bonds is 3. The van der Waals surface area contributed by atoms with Gasteiger partial charge in [0.25, 0.3) is 0 Å². The zero-order chi connectivity index (χ0) is 16.8. The van der Waals surface area contributed by atoms with Crippen LogP contribution in [0, 0.1) is 0 Å². The fourth-order valence-corrected chi connectivity index (χ4v) is 3.19. The van der Waals surface area contributed by atoms with Crippen LogP contribution in [0.2, 0.25) is 0 Å². The molecule has 0 spiro atoms. The lowest BCUT2D eigenvalue weighted by atomic mass is 9.73. The van der Waals surface area contributed by atoms with Gasteiger partial charge in [-0.15, -0.1) is 0 Å². The van der Waals surface area contributed by atoms with E-state index in [1.54, 1.807) is 12.1 Å². The number of benzene rings is 2. The van der Waals surface area contributed by atoms with Gasteiger partial charge in [-0.1, -0.05) is 45.9 Å². The molecule has 2 nitrogen and oxygen atoms in total. The van der Waals surface area contributed by atoms with Gasteiger partial charge < -0.3 is 10.1 Å². The van der Waals surface area contributed by atoms with E-state index in [-0.39, 0.29) is 11.2 Å². The Labute approximate surface area is 135 Å². The van der Waals surface area contributed by atoms with Crippen LogP contribution in [0.1, 0.15) is 50.3 Å². The Morgan fingerprint density at radius 2 is 1.70 bits per heavy atom. The van der Waals surface area contributed by atoms with E-state index in [1.807, 2.05) is 6.07 Å². The zero-order valence-electron chi connectivity index (χ0n) is 13.8. The number of nitrogens with one attached hydrogen (secondary N) is 1. The molecule has 0 radical (unpaired) electrons. The number of ether oxygens (including phenoxy) is 1. The molecule has 1 heterocycles. The Morgan fingerprint density at radius 1 is 0.957 bits per heavy atom. The summed E-state index contributed by atoms with van der Waals surface area (Å²) < 4.78 is 29.4. The highest BCUT2D eigenvalue weighted by atomic mass is 19.3. The highest BCUT2D eigenvalue weighted by molar-refractivity contribution is 5.76. The van der Waals surface area contributed by atoms with Crippen molar-refractivity contribution >= 4 is 11.4 Å². The molecule has 0 fully saturated rings. The van der Waals surface area contributed by atoms with Gasteiger partial charge in [0, 0.05) is 22.9 Å². The fourth-order valence-electron chi connectivity index (χ4n) is 3.19. The average Bonchev–Trinajstić information content (AvgIpc) is 2.46. The molecule has 1 aliphatic heterocycles. The Morgan fingerprint density at radius 3 is 2.35 bits per heavy atom. The molecule has 2 aromatic rings. The first-order chi connectivity index (χ1) is 10.8. The van der Waals surface area contributed by atoms with E-state index in [0.29, 0.717) is 5.92 Å². The molecule has 122 valence electrons. The second-order valence-electron chi connectivity index (χ2n) is 6.80. The van der Waals surface area contributed by atoms with Crippen molar-refractivity contribution in [3.8, 4) is 5.75 Å². The van der Waals surface area contributed by atoms with Crippen LogP contribution in [-0.2, 0) is 5.41 Å². The van der Waals surface area contributed by atoms with Crippen LogP contribution in [0.5, 0.6) is 5.75 Å². The molecule has 1 N–H and O–H groups in total. The fraction of sp³-hybridized carbons (Fsp3) is 0.368. The lowest BCUT2D eigenvalue weighted by Gasteiger charge is -2.36. The Bertz CT molecular complexity index is 738. The summed E-state index contributed by atoms with van der Waals surface area (Å²) in [6.07, 6.45) is 0. The van der Waals surface area contributed by atoms with Gasteiger partial charge in [0.2, 0.25) is 0 Å². The molecule has 0 saturated carbocycles. The number of alkyl halides is 2. The van der Waals surface area contributed by atoms with Crippen molar-refractivity contribution in [2.45, 2.75) is 45.6 Å². The van der Waals surface area contributed by atoms with Gasteiger partial charge in [0.05, 0.1) is 0 Å². The summed E-state index contributed by atoms with van der Waals surface area (Å²) in [6.45, 7) is 5.84. The first-order valence-electron chi connectivity index (χ1n) is 7.80. The van der Waals surface area contributed by atoms with Gasteiger partial charge in [0.15, 0.2) is 0 Å². The van der Waals surface area contributed by atoms with Gasteiger partial charge in [0.1, 0.15) is 5.75 Å². The maximum atomic E-state index is 12.4. The van der Waals surface area contributed by atoms with E-state index in [4.69, 9.17) is 0 Å². The maximum absolute atomic E-state index is 12.4. The molecule has 3 rings (SSSR count). The lowest BCUT2D eigenvalue weighted by Crippen LogP contribution is -2.26. The summed E-state index contributed by atoms with van der Waals surface area (Å²) >= 11 is 0. The minimum atomic E-state index is -2.81. The molecule has 0 aromatic heterocycles. The minimum Gasteiger partial charge on any atom is -0.435 e. The summed E-state index contributed by atoms with van der Waals surface area (Å²) in [7, 11) is 0. The van der Waals surface area contributed by atoms with Crippen LogP contribution in [-0.4, -0.2) is 6.61 Å². The third-order valence-corrected chi connectivity index (χ3v) is 4.54. The highest BCUT2D eigenvalue weighted by Crippen LogP contribution is 2.47. The van der Waals surface area contributed by atoms with Crippen molar-refractivity contribution in [2.24, 2.45) is 0 Å². The Balaban J connectivity index is 2.07. The summed E-state index contributed by atoms with van der Waals surface area (Å²) in [5.74, 6) is 0.628. The van der Waals surface area contributed by atoms with E-state index in [2.05, 4.69) is 55.9 Å². The van der Waals surface area contributed by atoms with Crippen LogP contribution >= 0.6 is 0 Å². The molecule has 2 aromatic carbocycles. The van der Waals surface area contributed by atoms with E-state index >= 15 is 0 Å². The second-order valence-corrected chi connectivity index (χ2v) is 6.80. The van der Waals surface area contributed by atoms with Crippen molar-refractivity contribution in [1.82, 2.24) is 0 Å². The molecule has 0 aliphatic carbocycles. The number of hydrogen-bond acceptors (Lipinski definition) is 2. The van der Waals surface area contributed by atoms with E-state index in [9.17, 15) is 8.78 Å². The largest absolute Gasteiger partial charge is 0.435 e. The number of fused-ring (bicyclic) bond motifs is 2. The van der Waals surface area contributed by atoms with Gasteiger partial charge in [-0.2, -0.15) is 8.78 Å². The SMILES string of the molecule is CC(C)c1ccc2c(c1)C(C)(C)c1ccc(OC(F)F)cc1N2. The van der Waals surface area contributed by atoms with Crippen LogP contribution in [0.25, 0.3) is 0 Å². The molecular weight excluding hydrogens is 296 g/mol. The predicted molar refractivity (Wildman–Crippen MR) is 89.0 cm³/mol. The van der Waals surface area contributed by atoms with Crippen molar-refractivity contribution in [3.05, 3.63) is 53.1 Å². The lowest BCUT2D eigenvalue weighted by molar-refractivity contribution is -0.0498. The van der Waals surface area contributed by atoms with Crippen molar-refractivity contribution < 1.29 is 13.5 Å². The standard InChI is InChI=1S/C19H21F2NO/c1-11(2)12-5-8-16-15(9-12)19(3,4)14-7-6-13(23-18(20)21)10-17(14)22-16/h5-11,18,22H,1-4H3. The third kappa shape index (κ3) is 2.78. The van der Waals surface area contributed by atoms with Gasteiger partial charge in [-0.05, 0) is 34.7 Å². The summed E-state index contributed by atoms with van der Waals surface area (Å²) in [6, 6.07) is 11.5. The third-order valence-electron chi connectivity index (χ3n) is 4.54. The molecule has 1 aliphatic rings. The minimum absolute atomic E-state index is 0.171. The molecule has 0 atom stereocenters. The number of halogens is 2. The van der Waals surface area contributed by atoms with Crippen LogP contribution < -0.4 is 10.1 Å². The average molecular weight is 317 g/mol. The molecule has 23 heavy (non-hydrogen) atoms. The van der Waals surface area contributed by atoms with Crippen molar-refractivity contribution in [2.75, 3.05) is 5.32 Å². The molecule has 0 unspecified atom stereocenters. The summed E-state index contributed by atoms with van der Waals surface area (Å²) in [4.78, 5) is 0. The van der Waals surface area contributed by atoms with E-state index < -0.39 is 6.61 Å². The Kier molecular flexibility index (Phi) is 3.78. The highest BCUT2D eigenvalue weighted by Gasteiger charge is 2.33. The molecule has 4 heteroatoms. The van der Waals surface area contributed by atoms with Crippen LogP contribution in [0.15, 0.2) is 36.4 Å². The smallest absolute Gasteiger partial charge is 0.387 e. The normalized spacial score (nSPS) is 15.1. The molecular formula is C19H21F2NO. The van der Waals surface area contributed by atoms with Gasteiger partial charge >= 0.3 is 6.61 Å². The van der Waals surface area contributed by atoms with Crippen LogP contribution in [0.3, 0.4) is 0 Å². The van der Waals surface area contributed by atoms with Crippen molar-refractivity contribution in [1.29, 1.82) is 0 Å².